The number of aromatic amines is 1. The lowest BCUT2D eigenvalue weighted by atomic mass is 10.4. The van der Waals surface area contributed by atoms with Crippen LogP contribution in [0.5, 0.6) is 5.88 Å². The molecule has 0 bridgehead atoms. The number of hydrogen-bond acceptors (Lipinski definition) is 4. The molecule has 0 saturated carbocycles. The fraction of sp³-hybridized carbons (Fsp3) is 0. The molecular weight excluding hydrogens is 351 g/mol. The monoisotopic (exact) mass is 354 g/mol. The Balaban J connectivity index is 2.60. The average Bonchev–Trinajstić information content (AvgIpc) is 2.60. The van der Waals surface area contributed by atoms with Gasteiger partial charge in [0.1, 0.15) is 3.57 Å². The van der Waals surface area contributed by atoms with Crippen molar-refractivity contribution in [2.75, 3.05) is 0 Å². The van der Waals surface area contributed by atoms with Crippen LogP contribution in [0.2, 0.25) is 4.34 Å². The van der Waals surface area contributed by atoms with Gasteiger partial charge in [-0.05, 0) is 34.7 Å². The van der Waals surface area contributed by atoms with Crippen molar-refractivity contribution in [2.24, 2.45) is 0 Å². The molecule has 7 heteroatoms. The smallest absolute Gasteiger partial charge is 0.268 e. The molecule has 2 rings (SSSR count). The quantitative estimate of drug-likeness (QED) is 0.773. The lowest BCUT2D eigenvalue weighted by Gasteiger charge is -1.98. The highest BCUT2D eigenvalue weighted by Crippen LogP contribution is 2.29. The summed E-state index contributed by atoms with van der Waals surface area (Å²) in [5.74, 6) is 0.0636. The summed E-state index contributed by atoms with van der Waals surface area (Å²) in [6.07, 6.45) is 0. The largest absolute Gasteiger partial charge is 0.492 e. The van der Waals surface area contributed by atoms with Gasteiger partial charge in [-0.3, -0.25) is 4.79 Å². The predicted octanol–water partition coefficient (Wildman–Crippen LogP) is 2.46. The summed E-state index contributed by atoms with van der Waals surface area (Å²) in [6.45, 7) is 0. The first-order valence-corrected chi connectivity index (χ1v) is 6.10. The van der Waals surface area contributed by atoms with Gasteiger partial charge < -0.3 is 10.1 Å². The van der Waals surface area contributed by atoms with Gasteiger partial charge in [-0.1, -0.05) is 11.6 Å². The third-order valence-electron chi connectivity index (χ3n) is 1.65. The highest BCUT2D eigenvalue weighted by atomic mass is 127. The number of hydrogen-bond donors (Lipinski definition) is 2. The van der Waals surface area contributed by atoms with Gasteiger partial charge in [0.15, 0.2) is 5.82 Å². The van der Waals surface area contributed by atoms with E-state index in [-0.39, 0.29) is 15.0 Å². The average molecular weight is 355 g/mol. The fourth-order valence-corrected chi connectivity index (χ4v) is 2.25. The Morgan fingerprint density at radius 1 is 1.53 bits per heavy atom. The Bertz CT molecular complexity index is 566. The van der Waals surface area contributed by atoms with Gasteiger partial charge in [-0.2, -0.15) is 4.98 Å². The minimum absolute atomic E-state index is 0.180. The minimum Gasteiger partial charge on any atom is -0.492 e. The van der Waals surface area contributed by atoms with E-state index in [1.807, 2.05) is 0 Å². The number of aromatic hydroxyl groups is 1. The molecule has 0 radical (unpaired) electrons. The van der Waals surface area contributed by atoms with Gasteiger partial charge >= 0.3 is 0 Å². The third kappa shape index (κ3) is 2.16. The van der Waals surface area contributed by atoms with Crippen LogP contribution < -0.4 is 5.56 Å². The predicted molar refractivity (Wildman–Crippen MR) is 67.6 cm³/mol. The molecule has 2 heterocycles. The van der Waals surface area contributed by atoms with Gasteiger partial charge in [-0.25, -0.2) is 0 Å². The molecule has 0 spiro atoms. The second-order valence-corrected chi connectivity index (χ2v) is 5.45. The van der Waals surface area contributed by atoms with Crippen LogP contribution >= 0.6 is 45.5 Å². The van der Waals surface area contributed by atoms with Crippen molar-refractivity contribution < 1.29 is 5.11 Å². The van der Waals surface area contributed by atoms with Crippen LogP contribution in [0.4, 0.5) is 0 Å². The minimum atomic E-state index is -0.359. The van der Waals surface area contributed by atoms with Gasteiger partial charge in [0.2, 0.25) is 5.88 Å². The van der Waals surface area contributed by atoms with Crippen LogP contribution in [0.25, 0.3) is 10.7 Å². The highest BCUT2D eigenvalue weighted by Gasteiger charge is 2.10. The van der Waals surface area contributed by atoms with Crippen LogP contribution in [0.15, 0.2) is 16.9 Å². The molecular formula is C8H4ClIN2O2S. The van der Waals surface area contributed by atoms with Gasteiger partial charge in [0.05, 0.1) is 9.21 Å². The molecule has 2 aromatic heterocycles. The maximum Gasteiger partial charge on any atom is 0.268 e. The van der Waals surface area contributed by atoms with E-state index in [0.717, 1.165) is 0 Å². The maximum atomic E-state index is 11.3. The SMILES string of the molecule is O=c1[nH]c(-c2ccc(Cl)s2)nc(O)c1I. The number of halogens is 2. The lowest BCUT2D eigenvalue weighted by molar-refractivity contribution is 0.447. The number of rotatable bonds is 1. The van der Waals surface area contributed by atoms with Gasteiger partial charge in [0.25, 0.3) is 5.56 Å². The zero-order valence-electron chi connectivity index (χ0n) is 7.12. The summed E-state index contributed by atoms with van der Waals surface area (Å²) in [5, 5.41) is 9.38. The van der Waals surface area contributed by atoms with Gasteiger partial charge in [-0.15, -0.1) is 11.3 Å². The Kier molecular flexibility index (Phi) is 2.98. The second kappa shape index (κ2) is 4.11. The molecule has 0 saturated heterocycles. The van der Waals surface area contributed by atoms with Crippen molar-refractivity contribution in [3.63, 3.8) is 0 Å². The van der Waals surface area contributed by atoms with E-state index in [4.69, 9.17) is 11.6 Å². The Morgan fingerprint density at radius 3 is 2.80 bits per heavy atom. The van der Waals surface area contributed by atoms with Crippen LogP contribution in [0, 0.1) is 3.57 Å². The lowest BCUT2D eigenvalue weighted by Crippen LogP contribution is -2.11. The van der Waals surface area contributed by atoms with E-state index in [9.17, 15) is 9.90 Å². The van der Waals surface area contributed by atoms with Crippen molar-refractivity contribution in [1.82, 2.24) is 9.97 Å². The summed E-state index contributed by atoms with van der Waals surface area (Å²) in [7, 11) is 0. The van der Waals surface area contributed by atoms with E-state index in [1.165, 1.54) is 11.3 Å². The zero-order chi connectivity index (χ0) is 11.0. The van der Waals surface area contributed by atoms with E-state index in [0.29, 0.717) is 15.0 Å². The van der Waals surface area contributed by atoms with Crippen LogP contribution in [0.1, 0.15) is 0 Å². The standard InChI is InChI=1S/C8H4ClIN2O2S/c9-4-2-1-3(15-4)6-11-7(13)5(10)8(14)12-6/h1-2H,(H2,11,12,13,14). The maximum absolute atomic E-state index is 11.3. The Morgan fingerprint density at radius 2 is 2.27 bits per heavy atom. The molecule has 2 aromatic rings. The fourth-order valence-electron chi connectivity index (χ4n) is 1.01. The summed E-state index contributed by atoms with van der Waals surface area (Å²) in [6, 6.07) is 3.44. The molecule has 78 valence electrons. The first-order chi connectivity index (χ1) is 7.08. The van der Waals surface area contributed by atoms with Crippen molar-refractivity contribution in [3.05, 3.63) is 30.4 Å². The summed E-state index contributed by atoms with van der Waals surface area (Å²) in [4.78, 5) is 18.5. The second-order valence-electron chi connectivity index (χ2n) is 2.66. The molecule has 0 aliphatic rings. The number of nitrogens with one attached hydrogen (secondary N) is 1. The Labute approximate surface area is 107 Å². The van der Waals surface area contributed by atoms with Crippen molar-refractivity contribution >= 4 is 45.5 Å². The third-order valence-corrected chi connectivity index (χ3v) is 3.86. The molecule has 0 unspecified atom stereocenters. The molecule has 0 fully saturated rings. The Hall–Kier alpha value is -0.600. The number of thiophene rings is 1. The molecule has 15 heavy (non-hydrogen) atoms. The topological polar surface area (TPSA) is 66.0 Å². The molecule has 2 N–H and O–H groups in total. The number of nitrogens with zero attached hydrogens (tertiary/aromatic N) is 1. The highest BCUT2D eigenvalue weighted by molar-refractivity contribution is 14.1. The van der Waals surface area contributed by atoms with Crippen molar-refractivity contribution in [2.45, 2.75) is 0 Å². The van der Waals surface area contributed by atoms with Crippen LogP contribution in [0.3, 0.4) is 0 Å². The van der Waals surface area contributed by atoms with Crippen molar-refractivity contribution in [1.29, 1.82) is 0 Å². The first-order valence-electron chi connectivity index (χ1n) is 3.82. The first kappa shape index (κ1) is 10.9. The summed E-state index contributed by atoms with van der Waals surface area (Å²) in [5.41, 5.74) is -0.359. The zero-order valence-corrected chi connectivity index (χ0v) is 10.9. The van der Waals surface area contributed by atoms with Crippen LogP contribution in [-0.2, 0) is 0 Å². The van der Waals surface area contributed by atoms with Crippen molar-refractivity contribution in [3.8, 4) is 16.6 Å². The molecule has 0 atom stereocenters. The number of H-pyrrole nitrogens is 1. The molecule has 0 amide bonds. The van der Waals surface area contributed by atoms with E-state index < -0.39 is 0 Å². The van der Waals surface area contributed by atoms with E-state index in [1.54, 1.807) is 34.7 Å². The summed E-state index contributed by atoms with van der Waals surface area (Å²) < 4.78 is 0.782. The number of aromatic nitrogens is 2. The molecule has 0 aromatic carbocycles. The summed E-state index contributed by atoms with van der Waals surface area (Å²) >= 11 is 8.77. The normalized spacial score (nSPS) is 10.5. The molecule has 4 nitrogen and oxygen atoms in total. The van der Waals surface area contributed by atoms with E-state index in [2.05, 4.69) is 9.97 Å². The van der Waals surface area contributed by atoms with Gasteiger partial charge in [0, 0.05) is 0 Å². The van der Waals surface area contributed by atoms with E-state index >= 15 is 0 Å². The molecule has 0 aliphatic heterocycles. The molecule has 0 aliphatic carbocycles. The van der Waals surface area contributed by atoms with Crippen LogP contribution in [-0.4, -0.2) is 15.1 Å².